The van der Waals surface area contributed by atoms with Crippen molar-refractivity contribution in [3.63, 3.8) is 0 Å². The molecule has 28 heavy (non-hydrogen) atoms. The lowest BCUT2D eigenvalue weighted by Gasteiger charge is -2.40. The minimum Gasteiger partial charge on any atom is -0.491 e. The van der Waals surface area contributed by atoms with E-state index in [2.05, 4.69) is 16.3 Å². The predicted molar refractivity (Wildman–Crippen MR) is 103 cm³/mol. The van der Waals surface area contributed by atoms with E-state index in [9.17, 15) is 10.1 Å². The quantitative estimate of drug-likeness (QED) is 0.817. The zero-order valence-electron chi connectivity index (χ0n) is 15.9. The molecule has 2 atom stereocenters. The van der Waals surface area contributed by atoms with Crippen LogP contribution in [0.5, 0.6) is 5.75 Å². The Morgan fingerprint density at radius 3 is 2.54 bits per heavy atom. The Kier molecular flexibility index (Phi) is 5.36. The van der Waals surface area contributed by atoms with Gasteiger partial charge in [0.2, 0.25) is 0 Å². The molecule has 2 heterocycles. The highest BCUT2D eigenvalue weighted by molar-refractivity contribution is 5.74. The highest BCUT2D eigenvalue weighted by Crippen LogP contribution is 2.31. The van der Waals surface area contributed by atoms with Crippen molar-refractivity contribution in [2.75, 3.05) is 32.8 Å². The fourth-order valence-electron chi connectivity index (χ4n) is 4.26. The monoisotopic (exact) mass is 379 g/mol. The number of benzene rings is 1. The Balaban J connectivity index is 1.28. The van der Waals surface area contributed by atoms with Gasteiger partial charge < -0.3 is 15.0 Å². The van der Waals surface area contributed by atoms with Gasteiger partial charge in [-0.25, -0.2) is 4.79 Å². The molecule has 1 saturated carbocycles. The number of amides is 2. The number of hydrogen-bond acceptors (Lipinski definition) is 5. The number of nitriles is 2. The third-order valence-corrected chi connectivity index (χ3v) is 6.00. The van der Waals surface area contributed by atoms with Crippen LogP contribution in [-0.2, 0) is 0 Å². The van der Waals surface area contributed by atoms with Crippen LogP contribution < -0.4 is 10.1 Å². The minimum absolute atomic E-state index is 0.0796. The van der Waals surface area contributed by atoms with Gasteiger partial charge in [-0.05, 0) is 49.8 Å². The summed E-state index contributed by atoms with van der Waals surface area (Å²) in [4.78, 5) is 16.8. The SMILES string of the molecule is N#Cc1ccc(OCCN2C3CCC2CN(C(=O)NCC2CC2)C3)c(C#N)c1. The summed E-state index contributed by atoms with van der Waals surface area (Å²) in [6.07, 6.45) is 4.70. The third-order valence-electron chi connectivity index (χ3n) is 6.00. The summed E-state index contributed by atoms with van der Waals surface area (Å²) in [7, 11) is 0. The van der Waals surface area contributed by atoms with Crippen LogP contribution in [-0.4, -0.2) is 60.7 Å². The lowest BCUT2D eigenvalue weighted by Crippen LogP contribution is -2.58. The number of rotatable bonds is 6. The molecule has 7 heteroatoms. The van der Waals surface area contributed by atoms with Gasteiger partial charge in [-0.2, -0.15) is 10.5 Å². The van der Waals surface area contributed by atoms with Gasteiger partial charge in [0.1, 0.15) is 18.4 Å². The third kappa shape index (κ3) is 4.05. The molecule has 1 aromatic rings. The molecule has 2 bridgehead atoms. The summed E-state index contributed by atoms with van der Waals surface area (Å²) in [6.45, 7) is 3.62. The van der Waals surface area contributed by atoms with Crippen LogP contribution in [0.25, 0.3) is 0 Å². The van der Waals surface area contributed by atoms with Crippen molar-refractivity contribution in [1.82, 2.24) is 15.1 Å². The molecule has 2 amide bonds. The van der Waals surface area contributed by atoms with Crippen molar-refractivity contribution in [2.45, 2.75) is 37.8 Å². The first-order chi connectivity index (χ1) is 13.7. The average Bonchev–Trinajstić information content (AvgIpc) is 3.52. The van der Waals surface area contributed by atoms with Crippen LogP contribution in [0, 0.1) is 28.6 Å². The van der Waals surface area contributed by atoms with Gasteiger partial charge in [-0.3, -0.25) is 4.90 Å². The Morgan fingerprint density at radius 2 is 1.89 bits per heavy atom. The molecule has 2 saturated heterocycles. The molecule has 4 rings (SSSR count). The molecule has 7 nitrogen and oxygen atoms in total. The number of piperazine rings is 1. The van der Waals surface area contributed by atoms with Crippen molar-refractivity contribution in [2.24, 2.45) is 5.92 Å². The molecule has 1 aromatic carbocycles. The number of hydrogen-bond donors (Lipinski definition) is 1. The number of nitrogens with one attached hydrogen (secondary N) is 1. The van der Waals surface area contributed by atoms with E-state index in [0.717, 1.165) is 39.0 Å². The summed E-state index contributed by atoms with van der Waals surface area (Å²) in [5.41, 5.74) is 0.845. The number of carbonyl (C=O) groups excluding carboxylic acids is 1. The zero-order valence-corrected chi connectivity index (χ0v) is 15.9. The van der Waals surface area contributed by atoms with Crippen LogP contribution in [0.15, 0.2) is 18.2 Å². The zero-order chi connectivity index (χ0) is 19.5. The molecule has 1 N–H and O–H groups in total. The standard InChI is InChI=1S/C21H25N5O2/c22-10-16-3-6-20(17(9-16)11-23)28-8-7-26-18-4-5-19(26)14-25(13-18)21(27)24-12-15-1-2-15/h3,6,9,15,18-19H,1-2,4-5,7-8,12-14H2,(H,24,27). The van der Waals surface area contributed by atoms with Crippen LogP contribution in [0.2, 0.25) is 0 Å². The van der Waals surface area contributed by atoms with Gasteiger partial charge in [0.25, 0.3) is 0 Å². The Hall–Kier alpha value is -2.77. The maximum atomic E-state index is 12.4. The Bertz CT molecular complexity index is 809. The van der Waals surface area contributed by atoms with Crippen LogP contribution in [0.1, 0.15) is 36.8 Å². The molecule has 0 spiro atoms. The molecular weight excluding hydrogens is 354 g/mol. The van der Waals surface area contributed by atoms with Crippen LogP contribution in [0.4, 0.5) is 4.79 Å². The summed E-state index contributed by atoms with van der Waals surface area (Å²) in [5, 5.41) is 21.3. The number of ether oxygens (including phenoxy) is 1. The van der Waals surface area contributed by atoms with Gasteiger partial charge in [-0.15, -0.1) is 0 Å². The summed E-state index contributed by atoms with van der Waals surface area (Å²) in [6, 6.07) is 9.87. The smallest absolute Gasteiger partial charge is 0.317 e. The van der Waals surface area contributed by atoms with E-state index in [1.54, 1.807) is 18.2 Å². The lowest BCUT2D eigenvalue weighted by atomic mass is 10.1. The van der Waals surface area contributed by atoms with E-state index in [1.165, 1.54) is 12.8 Å². The van der Waals surface area contributed by atoms with E-state index in [4.69, 9.17) is 10.00 Å². The molecule has 0 radical (unpaired) electrons. The maximum absolute atomic E-state index is 12.4. The number of carbonyl (C=O) groups is 1. The van der Waals surface area contributed by atoms with Gasteiger partial charge in [0.05, 0.1) is 17.2 Å². The Labute approximate surface area is 165 Å². The second-order valence-corrected chi connectivity index (χ2v) is 7.94. The molecule has 3 aliphatic rings. The lowest BCUT2D eigenvalue weighted by molar-refractivity contribution is 0.0709. The molecule has 0 aromatic heterocycles. The topological polar surface area (TPSA) is 92.4 Å². The van der Waals surface area contributed by atoms with Gasteiger partial charge >= 0.3 is 6.03 Å². The first-order valence-corrected chi connectivity index (χ1v) is 10.0. The molecule has 146 valence electrons. The van der Waals surface area contributed by atoms with Crippen molar-refractivity contribution in [1.29, 1.82) is 10.5 Å². The maximum Gasteiger partial charge on any atom is 0.317 e. The summed E-state index contributed by atoms with van der Waals surface area (Å²) in [5.74, 6) is 1.21. The van der Waals surface area contributed by atoms with Crippen molar-refractivity contribution in [3.05, 3.63) is 29.3 Å². The minimum atomic E-state index is 0.0796. The van der Waals surface area contributed by atoms with Crippen molar-refractivity contribution < 1.29 is 9.53 Å². The normalized spacial score (nSPS) is 23.7. The number of fused-ring (bicyclic) bond motifs is 2. The Morgan fingerprint density at radius 1 is 1.14 bits per heavy atom. The molecule has 2 unspecified atom stereocenters. The van der Waals surface area contributed by atoms with Gasteiger partial charge in [0.15, 0.2) is 0 Å². The molecular formula is C21H25N5O2. The molecule has 3 fully saturated rings. The van der Waals surface area contributed by atoms with E-state index in [0.29, 0.717) is 41.5 Å². The second-order valence-electron chi connectivity index (χ2n) is 7.94. The van der Waals surface area contributed by atoms with E-state index in [1.807, 2.05) is 11.0 Å². The highest BCUT2D eigenvalue weighted by Gasteiger charge is 2.41. The summed E-state index contributed by atoms with van der Waals surface area (Å²) >= 11 is 0. The number of likely N-dealkylation sites (tertiary alicyclic amines) is 1. The van der Waals surface area contributed by atoms with Crippen molar-refractivity contribution >= 4 is 6.03 Å². The fourth-order valence-corrected chi connectivity index (χ4v) is 4.26. The number of nitrogens with zero attached hydrogens (tertiary/aromatic N) is 4. The first kappa shape index (κ1) is 18.6. The second kappa shape index (κ2) is 8.08. The van der Waals surface area contributed by atoms with E-state index in [-0.39, 0.29) is 6.03 Å². The fraction of sp³-hybridized carbons (Fsp3) is 0.571. The number of urea groups is 1. The van der Waals surface area contributed by atoms with Gasteiger partial charge in [0, 0.05) is 38.3 Å². The molecule has 1 aliphatic carbocycles. The molecule has 2 aliphatic heterocycles. The predicted octanol–water partition coefficient (Wildman–Crippen LogP) is 2.08. The van der Waals surface area contributed by atoms with Gasteiger partial charge in [-0.1, -0.05) is 0 Å². The van der Waals surface area contributed by atoms with E-state index < -0.39 is 0 Å². The highest BCUT2D eigenvalue weighted by atomic mass is 16.5. The van der Waals surface area contributed by atoms with Crippen LogP contribution in [0.3, 0.4) is 0 Å². The summed E-state index contributed by atoms with van der Waals surface area (Å²) < 4.78 is 5.83. The average molecular weight is 379 g/mol. The van der Waals surface area contributed by atoms with Crippen LogP contribution >= 0.6 is 0 Å². The first-order valence-electron chi connectivity index (χ1n) is 10.0. The van der Waals surface area contributed by atoms with Crippen molar-refractivity contribution in [3.8, 4) is 17.9 Å². The van der Waals surface area contributed by atoms with E-state index >= 15 is 0 Å². The largest absolute Gasteiger partial charge is 0.491 e.